The lowest BCUT2D eigenvalue weighted by atomic mass is 10.1. The molecular weight excluding hydrogens is 324 g/mol. The molecule has 23 heavy (non-hydrogen) atoms. The average molecular weight is 352 g/mol. The molecule has 0 aliphatic rings. The predicted octanol–water partition coefficient (Wildman–Crippen LogP) is 2.35. The van der Waals surface area contributed by atoms with E-state index >= 15 is 0 Å². The first-order chi connectivity index (χ1) is 10.7. The van der Waals surface area contributed by atoms with Crippen LogP contribution in [0.25, 0.3) is 0 Å². The lowest BCUT2D eigenvalue weighted by Gasteiger charge is -2.15. The summed E-state index contributed by atoms with van der Waals surface area (Å²) in [5.74, 6) is -1.91. The van der Waals surface area contributed by atoms with Crippen molar-refractivity contribution in [2.45, 2.75) is 64.5 Å². The Hall–Kier alpha value is -1.15. The van der Waals surface area contributed by atoms with Gasteiger partial charge >= 0.3 is 11.9 Å². The van der Waals surface area contributed by atoms with E-state index in [1.54, 1.807) is 0 Å². The Labute approximate surface area is 138 Å². The summed E-state index contributed by atoms with van der Waals surface area (Å²) in [5, 5.41) is -1.94. The Bertz CT molecular complexity index is 458. The van der Waals surface area contributed by atoms with Crippen molar-refractivity contribution in [1.29, 1.82) is 0 Å². The quantitative estimate of drug-likeness (QED) is 0.326. The molecule has 0 aliphatic carbocycles. The second kappa shape index (κ2) is 11.4. The highest BCUT2D eigenvalue weighted by Gasteiger charge is 2.35. The molecule has 0 fully saturated rings. The number of unbranched alkanes of at least 4 members (excludes halogenated alkanes) is 3. The first-order valence-corrected chi connectivity index (χ1v) is 9.51. The molecule has 0 bridgehead atoms. The van der Waals surface area contributed by atoms with Crippen molar-refractivity contribution in [3.63, 3.8) is 0 Å². The number of hydrogen-bond donors (Lipinski definition) is 1. The third kappa shape index (κ3) is 10.3. The van der Waals surface area contributed by atoms with Crippen molar-refractivity contribution in [3.05, 3.63) is 0 Å². The maximum atomic E-state index is 11.8. The molecule has 2 unspecified atom stereocenters. The fourth-order valence-electron chi connectivity index (χ4n) is 1.67. The zero-order chi connectivity index (χ0) is 17.9. The molecule has 8 heteroatoms. The fourth-order valence-corrected chi connectivity index (χ4v) is 2.33. The highest BCUT2D eigenvalue weighted by molar-refractivity contribution is 7.87. The molecule has 0 spiro atoms. The second-order valence-electron chi connectivity index (χ2n) is 5.63. The van der Waals surface area contributed by atoms with E-state index in [0.29, 0.717) is 6.42 Å². The van der Waals surface area contributed by atoms with Crippen molar-refractivity contribution in [3.8, 4) is 0 Å². The average Bonchev–Trinajstić information content (AvgIpc) is 2.48. The minimum Gasteiger partial charge on any atom is -0.466 e. The number of carbonyl (C=O) groups excluding carboxylic acids is 2. The molecule has 0 heterocycles. The molecule has 0 radical (unpaired) electrons. The number of ether oxygens (including phenoxy) is 2. The van der Waals surface area contributed by atoms with Crippen LogP contribution in [0.15, 0.2) is 0 Å². The number of rotatable bonds is 12. The third-order valence-electron chi connectivity index (χ3n) is 3.44. The van der Waals surface area contributed by atoms with Gasteiger partial charge in [-0.15, -0.1) is 0 Å². The minimum absolute atomic E-state index is 0.0351. The Morgan fingerprint density at radius 2 is 1.74 bits per heavy atom. The summed E-state index contributed by atoms with van der Waals surface area (Å²) in [6.45, 7) is 5.98. The monoisotopic (exact) mass is 352 g/mol. The summed E-state index contributed by atoms with van der Waals surface area (Å²) < 4.78 is 41.4. The third-order valence-corrected chi connectivity index (χ3v) is 4.52. The van der Waals surface area contributed by atoms with E-state index in [1.807, 2.05) is 20.8 Å². The van der Waals surface area contributed by atoms with Crippen LogP contribution in [-0.4, -0.2) is 43.4 Å². The lowest BCUT2D eigenvalue weighted by molar-refractivity contribution is -0.150. The summed E-state index contributed by atoms with van der Waals surface area (Å²) in [7, 11) is -4.73. The van der Waals surface area contributed by atoms with E-state index in [2.05, 4.69) is 0 Å². The Morgan fingerprint density at radius 3 is 2.26 bits per heavy atom. The summed E-state index contributed by atoms with van der Waals surface area (Å²) in [6, 6.07) is 0. The molecule has 2 atom stereocenters. The van der Waals surface area contributed by atoms with E-state index in [9.17, 15) is 18.0 Å². The largest absolute Gasteiger partial charge is 0.466 e. The van der Waals surface area contributed by atoms with Gasteiger partial charge in [0.15, 0.2) is 5.25 Å². The van der Waals surface area contributed by atoms with Gasteiger partial charge in [-0.25, -0.2) is 0 Å². The van der Waals surface area contributed by atoms with E-state index in [1.165, 1.54) is 0 Å². The van der Waals surface area contributed by atoms with Gasteiger partial charge in [-0.1, -0.05) is 46.5 Å². The molecule has 1 N–H and O–H groups in total. The van der Waals surface area contributed by atoms with E-state index in [0.717, 1.165) is 25.7 Å². The highest BCUT2D eigenvalue weighted by atomic mass is 32.2. The number of carbonyl (C=O) groups is 2. The lowest BCUT2D eigenvalue weighted by Crippen LogP contribution is -2.35. The van der Waals surface area contributed by atoms with E-state index in [4.69, 9.17) is 14.0 Å². The summed E-state index contributed by atoms with van der Waals surface area (Å²) >= 11 is 0. The summed E-state index contributed by atoms with van der Waals surface area (Å²) in [5.41, 5.74) is 0. The van der Waals surface area contributed by atoms with Gasteiger partial charge in [-0.2, -0.15) is 8.42 Å². The van der Waals surface area contributed by atoms with Crippen LogP contribution in [0.5, 0.6) is 0 Å². The first-order valence-electron chi connectivity index (χ1n) is 8.00. The Kier molecular flexibility index (Phi) is 10.8. The summed E-state index contributed by atoms with van der Waals surface area (Å²) in [4.78, 5) is 23.4. The number of esters is 2. The van der Waals surface area contributed by atoms with Gasteiger partial charge in [0, 0.05) is 0 Å². The molecular formula is C15H28O7S. The summed E-state index contributed by atoms with van der Waals surface area (Å²) in [6.07, 6.45) is 3.65. The van der Waals surface area contributed by atoms with Gasteiger partial charge in [0.2, 0.25) is 0 Å². The molecule has 0 saturated heterocycles. The van der Waals surface area contributed by atoms with Gasteiger partial charge in [0.1, 0.15) is 0 Å². The van der Waals surface area contributed by atoms with Crippen LogP contribution in [0.4, 0.5) is 0 Å². The van der Waals surface area contributed by atoms with Crippen LogP contribution in [0.2, 0.25) is 0 Å². The van der Waals surface area contributed by atoms with Crippen LogP contribution < -0.4 is 0 Å². The van der Waals surface area contributed by atoms with Crippen LogP contribution in [0.1, 0.15) is 59.3 Å². The Balaban J connectivity index is 4.45. The normalized spacial score (nSPS) is 14.1. The molecule has 0 amide bonds. The van der Waals surface area contributed by atoms with Gasteiger partial charge < -0.3 is 9.47 Å². The molecule has 0 aliphatic heterocycles. The van der Waals surface area contributed by atoms with Crippen molar-refractivity contribution in [2.24, 2.45) is 5.92 Å². The maximum absolute atomic E-state index is 11.8. The molecule has 0 rings (SSSR count). The van der Waals surface area contributed by atoms with Gasteiger partial charge in [-0.05, 0) is 12.3 Å². The standard InChI is InChI=1S/C15H28O7S/c1-4-6-7-8-9-21-14(16)10-13(23(18,19)20)15(17)22-11-12(3)5-2/h12-13H,4-11H2,1-3H3,(H,18,19,20). The van der Waals surface area contributed by atoms with Crippen molar-refractivity contribution in [2.75, 3.05) is 13.2 Å². The van der Waals surface area contributed by atoms with Crippen LogP contribution in [0.3, 0.4) is 0 Å². The zero-order valence-corrected chi connectivity index (χ0v) is 14.9. The molecule has 7 nitrogen and oxygen atoms in total. The fraction of sp³-hybridized carbons (Fsp3) is 0.867. The predicted molar refractivity (Wildman–Crippen MR) is 85.5 cm³/mol. The van der Waals surface area contributed by atoms with Gasteiger partial charge in [-0.3, -0.25) is 14.1 Å². The highest BCUT2D eigenvalue weighted by Crippen LogP contribution is 2.11. The van der Waals surface area contributed by atoms with Crippen LogP contribution >= 0.6 is 0 Å². The molecule has 0 aromatic carbocycles. The molecule has 0 aromatic rings. The number of hydrogen-bond acceptors (Lipinski definition) is 6. The topological polar surface area (TPSA) is 107 Å². The first kappa shape index (κ1) is 21.9. The van der Waals surface area contributed by atoms with Crippen LogP contribution in [0, 0.1) is 5.92 Å². The van der Waals surface area contributed by atoms with E-state index < -0.39 is 33.7 Å². The van der Waals surface area contributed by atoms with E-state index in [-0.39, 0.29) is 19.1 Å². The van der Waals surface area contributed by atoms with Crippen molar-refractivity contribution in [1.82, 2.24) is 0 Å². The molecule has 0 aromatic heterocycles. The van der Waals surface area contributed by atoms with Gasteiger partial charge in [0.05, 0.1) is 19.6 Å². The maximum Gasteiger partial charge on any atom is 0.327 e. The SMILES string of the molecule is CCCCCCOC(=O)CC(C(=O)OCC(C)CC)S(=O)(=O)O. The smallest absolute Gasteiger partial charge is 0.327 e. The molecule has 0 saturated carbocycles. The van der Waals surface area contributed by atoms with Crippen LogP contribution in [-0.2, 0) is 29.2 Å². The van der Waals surface area contributed by atoms with Crippen molar-refractivity contribution < 1.29 is 32.0 Å². The van der Waals surface area contributed by atoms with Gasteiger partial charge in [0.25, 0.3) is 10.1 Å². The Morgan fingerprint density at radius 1 is 1.09 bits per heavy atom. The van der Waals surface area contributed by atoms with Crippen molar-refractivity contribution >= 4 is 22.1 Å². The second-order valence-corrected chi connectivity index (χ2v) is 7.23. The zero-order valence-electron chi connectivity index (χ0n) is 14.1. The minimum atomic E-state index is -4.73. The molecule has 136 valence electrons.